The molecule has 1 heterocycles. The zero-order valence-corrected chi connectivity index (χ0v) is 10.5. The van der Waals surface area contributed by atoms with Crippen LogP contribution in [-0.2, 0) is 19.1 Å². The number of alkyl halides is 3. The fraction of sp³-hybridized carbons (Fsp3) is 0.500. The summed E-state index contributed by atoms with van der Waals surface area (Å²) < 4.78 is 48.2. The minimum atomic E-state index is -5.27. The Morgan fingerprint density at radius 2 is 1.90 bits per heavy atom. The van der Waals surface area contributed by atoms with Gasteiger partial charge in [-0.2, -0.15) is 13.2 Å². The first-order valence-electron chi connectivity index (χ1n) is 5.12. The number of amides is 2. The maximum atomic E-state index is 13.3. The highest BCUT2D eigenvalue weighted by atomic mass is 19.4. The molecule has 1 fully saturated rings. The standard InChI is InChI=1S/C10H11F3N2O5/c1-4-5(6(16)19-2)9(7(17)14-4,10(11,12)13)15-8(18)20-3/h5H,1H2,2-3H3,(H,14,17)(H,15,18)/t5-,9-/m0/s1. The molecule has 1 saturated heterocycles. The lowest BCUT2D eigenvalue weighted by atomic mass is 9.84. The molecule has 10 heteroatoms. The largest absolute Gasteiger partial charge is 0.468 e. The molecule has 1 aliphatic heterocycles. The Balaban J connectivity index is 3.45. The quantitative estimate of drug-likeness (QED) is 0.704. The van der Waals surface area contributed by atoms with Crippen molar-refractivity contribution < 1.29 is 37.0 Å². The summed E-state index contributed by atoms with van der Waals surface area (Å²) in [5, 5.41) is 3.15. The summed E-state index contributed by atoms with van der Waals surface area (Å²) in [6.45, 7) is 3.17. The van der Waals surface area contributed by atoms with Crippen molar-refractivity contribution >= 4 is 18.0 Å². The van der Waals surface area contributed by atoms with Crippen LogP contribution < -0.4 is 10.6 Å². The van der Waals surface area contributed by atoms with Crippen LogP contribution in [0, 0.1) is 5.92 Å². The summed E-state index contributed by atoms with van der Waals surface area (Å²) in [4.78, 5) is 34.3. The second kappa shape index (κ2) is 5.02. The molecule has 2 N–H and O–H groups in total. The maximum absolute atomic E-state index is 13.3. The number of hydrogen-bond acceptors (Lipinski definition) is 5. The fourth-order valence-electron chi connectivity index (χ4n) is 1.85. The Labute approximate surface area is 111 Å². The molecule has 112 valence electrons. The third-order valence-electron chi connectivity index (χ3n) is 2.78. The third kappa shape index (κ3) is 2.17. The minimum Gasteiger partial charge on any atom is -0.468 e. The average molecular weight is 296 g/mol. The first kappa shape index (κ1) is 15.8. The van der Waals surface area contributed by atoms with Gasteiger partial charge in [0, 0.05) is 5.70 Å². The van der Waals surface area contributed by atoms with E-state index in [9.17, 15) is 27.6 Å². The summed E-state index contributed by atoms with van der Waals surface area (Å²) >= 11 is 0. The number of esters is 1. The van der Waals surface area contributed by atoms with E-state index in [-0.39, 0.29) is 0 Å². The topological polar surface area (TPSA) is 93.7 Å². The molecule has 0 unspecified atom stereocenters. The second-order valence-electron chi connectivity index (χ2n) is 3.86. The normalized spacial score (nSPS) is 25.9. The van der Waals surface area contributed by atoms with Crippen LogP contribution in [0.4, 0.5) is 18.0 Å². The molecule has 2 atom stereocenters. The number of carbonyl (C=O) groups is 3. The van der Waals surface area contributed by atoms with E-state index in [0.29, 0.717) is 0 Å². The van der Waals surface area contributed by atoms with E-state index in [1.807, 2.05) is 0 Å². The third-order valence-corrected chi connectivity index (χ3v) is 2.78. The molecule has 0 bridgehead atoms. The molecule has 0 aliphatic carbocycles. The van der Waals surface area contributed by atoms with Crippen molar-refractivity contribution in [2.75, 3.05) is 14.2 Å². The molecule has 0 aromatic heterocycles. The van der Waals surface area contributed by atoms with Gasteiger partial charge in [-0.05, 0) is 0 Å². The van der Waals surface area contributed by atoms with E-state index < -0.39 is 41.3 Å². The van der Waals surface area contributed by atoms with Gasteiger partial charge in [0.1, 0.15) is 5.92 Å². The molecule has 7 nitrogen and oxygen atoms in total. The van der Waals surface area contributed by atoms with Crippen LogP contribution in [0.3, 0.4) is 0 Å². The lowest BCUT2D eigenvalue weighted by Crippen LogP contribution is -2.67. The van der Waals surface area contributed by atoms with Gasteiger partial charge in [-0.25, -0.2) is 4.79 Å². The van der Waals surface area contributed by atoms with Gasteiger partial charge in [-0.1, -0.05) is 6.58 Å². The first-order chi connectivity index (χ1) is 9.11. The maximum Gasteiger partial charge on any atom is 0.422 e. The summed E-state index contributed by atoms with van der Waals surface area (Å²) in [6.07, 6.45) is -6.80. The van der Waals surface area contributed by atoms with Crippen LogP contribution in [-0.4, -0.2) is 43.9 Å². The number of halogens is 3. The zero-order chi connectivity index (χ0) is 15.7. The van der Waals surface area contributed by atoms with E-state index >= 15 is 0 Å². The number of methoxy groups -OCH3 is 2. The van der Waals surface area contributed by atoms with Crippen molar-refractivity contribution in [3.63, 3.8) is 0 Å². The average Bonchev–Trinajstić information content (AvgIpc) is 2.60. The molecule has 2 amide bonds. The van der Waals surface area contributed by atoms with Gasteiger partial charge in [0.05, 0.1) is 14.2 Å². The van der Waals surface area contributed by atoms with Crippen molar-refractivity contribution in [1.29, 1.82) is 0 Å². The van der Waals surface area contributed by atoms with Crippen molar-refractivity contribution in [2.45, 2.75) is 11.7 Å². The van der Waals surface area contributed by atoms with Crippen LogP contribution in [0.15, 0.2) is 12.3 Å². The van der Waals surface area contributed by atoms with Crippen LogP contribution >= 0.6 is 0 Å². The number of ether oxygens (including phenoxy) is 2. The predicted octanol–water partition coefficient (Wildman–Crippen LogP) is 0.0762. The Morgan fingerprint density at radius 1 is 1.35 bits per heavy atom. The van der Waals surface area contributed by atoms with Gasteiger partial charge < -0.3 is 14.8 Å². The monoisotopic (exact) mass is 296 g/mol. The summed E-state index contributed by atoms with van der Waals surface area (Å²) in [5.74, 6) is -5.17. The van der Waals surface area contributed by atoms with Crippen molar-refractivity contribution in [1.82, 2.24) is 10.6 Å². The molecule has 0 aromatic carbocycles. The van der Waals surface area contributed by atoms with E-state index in [1.54, 1.807) is 5.32 Å². The SMILES string of the molecule is C=C1NC(=O)[C@](NC(=O)OC)(C(F)(F)F)[C@@H]1C(=O)OC. The zero-order valence-electron chi connectivity index (χ0n) is 10.5. The van der Waals surface area contributed by atoms with E-state index in [2.05, 4.69) is 16.1 Å². The highest BCUT2D eigenvalue weighted by molar-refractivity contribution is 6.02. The lowest BCUT2D eigenvalue weighted by Gasteiger charge is -2.32. The minimum absolute atomic E-state index is 0.532. The van der Waals surface area contributed by atoms with Crippen LogP contribution in [0.25, 0.3) is 0 Å². The number of hydrogen-bond donors (Lipinski definition) is 2. The molecule has 1 rings (SSSR count). The molecule has 0 radical (unpaired) electrons. The molecule has 0 spiro atoms. The Kier molecular flexibility index (Phi) is 3.97. The van der Waals surface area contributed by atoms with Gasteiger partial charge >= 0.3 is 18.2 Å². The summed E-state index contributed by atoms with van der Waals surface area (Å²) in [6, 6.07) is 0. The smallest absolute Gasteiger partial charge is 0.422 e. The Bertz CT molecular complexity index is 476. The molecule has 0 saturated carbocycles. The first-order valence-corrected chi connectivity index (χ1v) is 5.12. The number of nitrogens with one attached hydrogen (secondary N) is 2. The molecular formula is C10H11F3N2O5. The second-order valence-corrected chi connectivity index (χ2v) is 3.86. The van der Waals surface area contributed by atoms with Crippen molar-refractivity contribution in [3.05, 3.63) is 12.3 Å². The van der Waals surface area contributed by atoms with E-state index in [0.717, 1.165) is 14.2 Å². The van der Waals surface area contributed by atoms with Gasteiger partial charge in [0.15, 0.2) is 0 Å². The van der Waals surface area contributed by atoms with E-state index in [4.69, 9.17) is 0 Å². The summed E-state index contributed by atoms with van der Waals surface area (Å²) in [7, 11) is 1.66. The lowest BCUT2D eigenvalue weighted by molar-refractivity contribution is -0.206. The van der Waals surface area contributed by atoms with Gasteiger partial charge in [-0.3, -0.25) is 14.9 Å². The molecule has 20 heavy (non-hydrogen) atoms. The number of rotatable bonds is 2. The Hall–Kier alpha value is -2.26. The highest BCUT2D eigenvalue weighted by Crippen LogP contribution is 2.43. The summed E-state index contributed by atoms with van der Waals surface area (Å²) in [5.41, 5.74) is -4.06. The number of alkyl carbamates (subject to hydrolysis) is 1. The van der Waals surface area contributed by atoms with Crippen LogP contribution in [0.5, 0.6) is 0 Å². The fourth-order valence-corrected chi connectivity index (χ4v) is 1.85. The highest BCUT2D eigenvalue weighted by Gasteiger charge is 2.72. The van der Waals surface area contributed by atoms with Crippen LogP contribution in [0.1, 0.15) is 0 Å². The van der Waals surface area contributed by atoms with Crippen molar-refractivity contribution in [2.24, 2.45) is 5.92 Å². The van der Waals surface area contributed by atoms with Gasteiger partial charge in [-0.15, -0.1) is 0 Å². The van der Waals surface area contributed by atoms with Gasteiger partial charge in [0.25, 0.3) is 5.91 Å². The van der Waals surface area contributed by atoms with Crippen molar-refractivity contribution in [3.8, 4) is 0 Å². The molecule has 0 aromatic rings. The number of carbonyl (C=O) groups excluding carboxylic acids is 3. The Morgan fingerprint density at radius 3 is 2.30 bits per heavy atom. The molecule has 1 aliphatic rings. The van der Waals surface area contributed by atoms with Crippen LogP contribution in [0.2, 0.25) is 0 Å². The molecular weight excluding hydrogens is 285 g/mol. The van der Waals surface area contributed by atoms with E-state index in [1.165, 1.54) is 5.32 Å². The predicted molar refractivity (Wildman–Crippen MR) is 57.1 cm³/mol. The van der Waals surface area contributed by atoms with Gasteiger partial charge in [0.2, 0.25) is 5.54 Å².